The van der Waals surface area contributed by atoms with Crippen molar-refractivity contribution in [3.8, 4) is 0 Å². The van der Waals surface area contributed by atoms with Gasteiger partial charge in [-0.15, -0.1) is 0 Å². The second kappa shape index (κ2) is 2.90. The van der Waals surface area contributed by atoms with E-state index < -0.39 is 5.79 Å². The minimum Gasteiger partial charge on any atom is -0.346 e. The van der Waals surface area contributed by atoms with E-state index in [1.807, 2.05) is 6.08 Å². The molecule has 1 aliphatic heterocycles. The van der Waals surface area contributed by atoms with E-state index in [1.165, 1.54) is 0 Å². The van der Waals surface area contributed by atoms with E-state index in [9.17, 15) is 4.79 Å². The van der Waals surface area contributed by atoms with Crippen molar-refractivity contribution in [1.82, 2.24) is 0 Å². The van der Waals surface area contributed by atoms with Gasteiger partial charge in [0.1, 0.15) is 0 Å². The Morgan fingerprint density at radius 2 is 2.14 bits per heavy atom. The molecule has 3 atom stereocenters. The number of allylic oxidation sites excluding steroid dienone is 1. The van der Waals surface area contributed by atoms with Crippen LogP contribution in [0.1, 0.15) is 6.42 Å². The second-order valence-corrected chi connectivity index (χ2v) is 5.12. The lowest BCUT2D eigenvalue weighted by atomic mass is 9.96. The zero-order chi connectivity index (χ0) is 9.76. The Morgan fingerprint density at radius 3 is 2.86 bits per heavy atom. The molecule has 1 saturated carbocycles. The molecule has 0 aromatic carbocycles. The van der Waals surface area contributed by atoms with E-state index in [4.69, 9.17) is 9.47 Å². The minimum absolute atomic E-state index is 0.0671. The molecule has 2 aliphatic carbocycles. The summed E-state index contributed by atoms with van der Waals surface area (Å²) in [7, 11) is 0. The van der Waals surface area contributed by atoms with Gasteiger partial charge in [0.25, 0.3) is 0 Å². The molecule has 2 fully saturated rings. The Kier molecular flexibility index (Phi) is 1.88. The van der Waals surface area contributed by atoms with Gasteiger partial charge in [-0.25, -0.2) is 0 Å². The first-order valence-electron chi connectivity index (χ1n) is 4.88. The highest BCUT2D eigenvalue weighted by Crippen LogP contribution is 2.52. The number of rotatable bonds is 0. The van der Waals surface area contributed by atoms with Crippen molar-refractivity contribution >= 4 is 21.7 Å². The fraction of sp³-hybridized carbons (Fsp3) is 0.700. The number of carbonyl (C=O) groups excluding carboxylic acids is 1. The van der Waals surface area contributed by atoms with Crippen molar-refractivity contribution in [1.29, 1.82) is 0 Å². The summed E-state index contributed by atoms with van der Waals surface area (Å²) in [5.41, 5.74) is 0. The lowest BCUT2D eigenvalue weighted by molar-refractivity contribution is -0.169. The first kappa shape index (κ1) is 9.07. The van der Waals surface area contributed by atoms with E-state index in [1.54, 1.807) is 6.08 Å². The highest BCUT2D eigenvalue weighted by atomic mass is 79.9. The summed E-state index contributed by atoms with van der Waals surface area (Å²) in [6, 6.07) is 0. The van der Waals surface area contributed by atoms with E-state index in [0.717, 1.165) is 6.42 Å². The third-order valence-corrected chi connectivity index (χ3v) is 4.38. The van der Waals surface area contributed by atoms with Gasteiger partial charge < -0.3 is 9.47 Å². The van der Waals surface area contributed by atoms with Gasteiger partial charge in [-0.3, -0.25) is 4.79 Å². The fourth-order valence-electron chi connectivity index (χ4n) is 2.72. The molecule has 0 N–H and O–H groups in total. The van der Waals surface area contributed by atoms with Gasteiger partial charge in [0.15, 0.2) is 11.6 Å². The van der Waals surface area contributed by atoms with Crippen LogP contribution in [0.3, 0.4) is 0 Å². The monoisotopic (exact) mass is 258 g/mol. The summed E-state index contributed by atoms with van der Waals surface area (Å²) >= 11 is 3.57. The average molecular weight is 259 g/mol. The van der Waals surface area contributed by atoms with Gasteiger partial charge >= 0.3 is 0 Å². The van der Waals surface area contributed by atoms with Gasteiger partial charge in [0.05, 0.1) is 18.0 Å². The molecule has 1 spiro atoms. The number of hydrogen-bond acceptors (Lipinski definition) is 3. The molecule has 1 heterocycles. The number of hydrogen-bond donors (Lipinski definition) is 0. The summed E-state index contributed by atoms with van der Waals surface area (Å²) in [6.07, 6.45) is 4.43. The highest BCUT2D eigenvalue weighted by Gasteiger charge is 2.60. The molecule has 0 amide bonds. The number of ketones is 1. The molecule has 0 aromatic rings. The summed E-state index contributed by atoms with van der Waals surface area (Å²) in [5, 5.41) is 0. The van der Waals surface area contributed by atoms with Crippen LogP contribution in [0.4, 0.5) is 0 Å². The largest absolute Gasteiger partial charge is 0.346 e. The molecule has 3 rings (SSSR count). The maximum atomic E-state index is 11.5. The standard InChI is InChI=1S/C10H11BrO3/c11-9-5-6-7(1-2-8(6)12)10(9)13-3-4-14-10/h1-2,6-7,9H,3-5H2/t6-,7-,9?/m1/s1. The summed E-state index contributed by atoms with van der Waals surface area (Å²) in [6.45, 7) is 1.26. The summed E-state index contributed by atoms with van der Waals surface area (Å²) in [4.78, 5) is 11.7. The predicted octanol–water partition coefficient (Wildman–Crippen LogP) is 1.27. The third kappa shape index (κ3) is 0.965. The van der Waals surface area contributed by atoms with Crippen LogP contribution in [0.5, 0.6) is 0 Å². The van der Waals surface area contributed by atoms with Crippen LogP contribution in [0.25, 0.3) is 0 Å². The minimum atomic E-state index is -0.562. The maximum Gasteiger partial charge on any atom is 0.188 e. The van der Waals surface area contributed by atoms with Crippen LogP contribution in [0.15, 0.2) is 12.2 Å². The quantitative estimate of drug-likeness (QED) is 0.614. The summed E-state index contributed by atoms with van der Waals surface area (Å²) in [5.74, 6) is -0.164. The zero-order valence-corrected chi connectivity index (χ0v) is 9.20. The van der Waals surface area contributed by atoms with Gasteiger partial charge in [-0.1, -0.05) is 22.0 Å². The molecule has 1 unspecified atom stereocenters. The van der Waals surface area contributed by atoms with Crippen molar-refractivity contribution in [2.45, 2.75) is 17.0 Å². The Labute approximate surface area is 90.6 Å². The van der Waals surface area contributed by atoms with Crippen LogP contribution in [0, 0.1) is 11.8 Å². The first-order chi connectivity index (χ1) is 6.74. The van der Waals surface area contributed by atoms with Crippen molar-refractivity contribution in [3.05, 3.63) is 12.2 Å². The van der Waals surface area contributed by atoms with Gasteiger partial charge in [-0.05, 0) is 12.5 Å². The van der Waals surface area contributed by atoms with Crippen molar-refractivity contribution in [2.24, 2.45) is 11.8 Å². The molecule has 14 heavy (non-hydrogen) atoms. The second-order valence-electron chi connectivity index (χ2n) is 4.02. The highest BCUT2D eigenvalue weighted by molar-refractivity contribution is 9.09. The van der Waals surface area contributed by atoms with Crippen LogP contribution in [-0.2, 0) is 14.3 Å². The zero-order valence-electron chi connectivity index (χ0n) is 7.61. The lowest BCUT2D eigenvalue weighted by Crippen LogP contribution is -2.41. The molecule has 0 aromatic heterocycles. The Hall–Kier alpha value is -0.190. The fourth-order valence-corrected chi connectivity index (χ4v) is 3.70. The van der Waals surface area contributed by atoms with Gasteiger partial charge in [-0.2, -0.15) is 0 Å². The maximum absolute atomic E-state index is 11.5. The molecular weight excluding hydrogens is 248 g/mol. The first-order valence-corrected chi connectivity index (χ1v) is 5.79. The molecule has 3 aliphatic rings. The Morgan fingerprint density at radius 1 is 1.43 bits per heavy atom. The molecule has 1 saturated heterocycles. The molecule has 3 nitrogen and oxygen atoms in total. The van der Waals surface area contributed by atoms with E-state index in [-0.39, 0.29) is 22.4 Å². The van der Waals surface area contributed by atoms with Gasteiger partial charge in [0, 0.05) is 11.8 Å². The Balaban J connectivity index is 1.98. The number of fused-ring (bicyclic) bond motifs is 2. The van der Waals surface area contributed by atoms with Crippen molar-refractivity contribution in [2.75, 3.05) is 13.2 Å². The topological polar surface area (TPSA) is 35.5 Å². The van der Waals surface area contributed by atoms with Crippen molar-refractivity contribution < 1.29 is 14.3 Å². The molecule has 0 radical (unpaired) electrons. The number of alkyl halides is 1. The predicted molar refractivity (Wildman–Crippen MR) is 53.1 cm³/mol. The van der Waals surface area contributed by atoms with Crippen molar-refractivity contribution in [3.63, 3.8) is 0 Å². The SMILES string of the molecule is O=C1C=C[C@@H]2[C@H]1CC(Br)C21OCCO1. The van der Waals surface area contributed by atoms with Crippen LogP contribution < -0.4 is 0 Å². The van der Waals surface area contributed by atoms with Crippen LogP contribution in [-0.4, -0.2) is 29.6 Å². The van der Waals surface area contributed by atoms with Gasteiger partial charge in [0.2, 0.25) is 0 Å². The number of halogens is 1. The third-order valence-electron chi connectivity index (χ3n) is 3.37. The van der Waals surface area contributed by atoms with E-state index in [0.29, 0.717) is 13.2 Å². The lowest BCUT2D eigenvalue weighted by Gasteiger charge is -2.30. The summed E-state index contributed by atoms with van der Waals surface area (Å²) < 4.78 is 11.4. The van der Waals surface area contributed by atoms with Crippen LogP contribution in [0.2, 0.25) is 0 Å². The smallest absolute Gasteiger partial charge is 0.188 e. The van der Waals surface area contributed by atoms with Crippen LogP contribution >= 0.6 is 15.9 Å². The molecule has 0 bridgehead atoms. The van der Waals surface area contributed by atoms with E-state index in [2.05, 4.69) is 15.9 Å². The van der Waals surface area contributed by atoms with E-state index >= 15 is 0 Å². The molecular formula is C10H11BrO3. The normalized spacial score (nSPS) is 43.8. The average Bonchev–Trinajstić information content (AvgIpc) is 2.80. The Bertz CT molecular complexity index is 306. The number of ether oxygens (including phenoxy) is 2. The molecule has 4 heteroatoms. The number of carbonyl (C=O) groups is 1. The molecule has 76 valence electrons.